The van der Waals surface area contributed by atoms with E-state index in [2.05, 4.69) is 30.4 Å². The van der Waals surface area contributed by atoms with E-state index < -0.39 is 12.7 Å². The van der Waals surface area contributed by atoms with Crippen LogP contribution in [0.5, 0.6) is 0 Å². The van der Waals surface area contributed by atoms with E-state index in [9.17, 15) is 13.2 Å². The number of halogens is 3. The van der Waals surface area contributed by atoms with Crippen LogP contribution in [-0.4, -0.2) is 42.9 Å². The molecule has 3 heterocycles. The van der Waals surface area contributed by atoms with E-state index in [1.54, 1.807) is 19.2 Å². The predicted molar refractivity (Wildman–Crippen MR) is 79.9 cm³/mol. The van der Waals surface area contributed by atoms with Crippen molar-refractivity contribution in [2.24, 2.45) is 0 Å². The molecule has 3 aromatic heterocycles. The number of hydrogen-bond donors (Lipinski definition) is 1. The highest BCUT2D eigenvalue weighted by Gasteiger charge is 2.31. The fourth-order valence-electron chi connectivity index (χ4n) is 2.03. The number of hydrogen-bond acceptors (Lipinski definition) is 6. The second kappa shape index (κ2) is 6.22. The van der Waals surface area contributed by atoms with Gasteiger partial charge in [-0.1, -0.05) is 0 Å². The van der Waals surface area contributed by atoms with Gasteiger partial charge < -0.3 is 5.32 Å². The minimum absolute atomic E-state index is 0.0433. The molecule has 3 rings (SSSR count). The largest absolute Gasteiger partial charge is 0.408 e. The Bertz CT molecular complexity index is 813. The Kier molecular flexibility index (Phi) is 4.11. The van der Waals surface area contributed by atoms with Gasteiger partial charge in [-0.2, -0.15) is 18.3 Å². The van der Waals surface area contributed by atoms with Gasteiger partial charge in [0.15, 0.2) is 11.6 Å². The van der Waals surface area contributed by atoms with Gasteiger partial charge in [-0.15, -0.1) is 0 Å². The van der Waals surface area contributed by atoms with Crippen molar-refractivity contribution in [1.82, 2.24) is 29.7 Å². The average molecular weight is 335 g/mol. The Balaban J connectivity index is 2.06. The number of nitrogens with one attached hydrogen (secondary N) is 1. The third kappa shape index (κ3) is 3.47. The molecule has 7 nitrogen and oxygen atoms in total. The Morgan fingerprint density at radius 3 is 2.33 bits per heavy atom. The maximum Gasteiger partial charge on any atom is 0.408 e. The molecule has 0 aliphatic rings. The highest BCUT2D eigenvalue weighted by atomic mass is 19.4. The van der Waals surface area contributed by atoms with Crippen LogP contribution in [0.15, 0.2) is 36.9 Å². The maximum atomic E-state index is 12.8. The molecule has 0 aliphatic carbocycles. The molecule has 0 unspecified atom stereocenters. The minimum Gasteiger partial charge on any atom is -0.357 e. The van der Waals surface area contributed by atoms with E-state index in [0.29, 0.717) is 17.1 Å². The molecule has 3 aromatic rings. The average Bonchev–Trinajstić information content (AvgIpc) is 2.97. The van der Waals surface area contributed by atoms with Gasteiger partial charge in [0.1, 0.15) is 6.54 Å². The molecule has 0 saturated carbocycles. The molecule has 0 fully saturated rings. The van der Waals surface area contributed by atoms with Crippen molar-refractivity contribution in [1.29, 1.82) is 0 Å². The van der Waals surface area contributed by atoms with Crippen LogP contribution in [0.4, 0.5) is 19.1 Å². The summed E-state index contributed by atoms with van der Waals surface area (Å²) in [5.41, 5.74) is 0.908. The van der Waals surface area contributed by atoms with Crippen molar-refractivity contribution < 1.29 is 13.2 Å². The van der Waals surface area contributed by atoms with Crippen molar-refractivity contribution in [2.45, 2.75) is 12.7 Å². The lowest BCUT2D eigenvalue weighted by Gasteiger charge is -2.08. The summed E-state index contributed by atoms with van der Waals surface area (Å²) < 4.78 is 39.3. The summed E-state index contributed by atoms with van der Waals surface area (Å²) in [5, 5.41) is 6.71. The summed E-state index contributed by atoms with van der Waals surface area (Å²) in [5.74, 6) is 0.575. The van der Waals surface area contributed by atoms with E-state index >= 15 is 0 Å². The lowest BCUT2D eigenvalue weighted by molar-refractivity contribution is -0.142. The Hall–Kier alpha value is -3.04. The summed E-state index contributed by atoms with van der Waals surface area (Å²) in [6, 6.07) is 3.25. The first-order chi connectivity index (χ1) is 11.5. The van der Waals surface area contributed by atoms with Gasteiger partial charge in [0.25, 0.3) is 0 Å². The Labute approximate surface area is 134 Å². The van der Waals surface area contributed by atoms with Gasteiger partial charge in [0.05, 0.1) is 5.56 Å². The second-order valence-electron chi connectivity index (χ2n) is 4.81. The van der Waals surface area contributed by atoms with E-state index in [1.807, 2.05) is 0 Å². The normalized spacial score (nSPS) is 11.5. The third-order valence-corrected chi connectivity index (χ3v) is 3.07. The summed E-state index contributed by atoms with van der Waals surface area (Å²) in [4.78, 5) is 16.1. The van der Waals surface area contributed by atoms with Crippen molar-refractivity contribution in [3.05, 3.63) is 36.9 Å². The van der Waals surface area contributed by atoms with Crippen LogP contribution in [0.25, 0.3) is 22.8 Å². The first-order valence-corrected chi connectivity index (χ1v) is 6.88. The second-order valence-corrected chi connectivity index (χ2v) is 4.81. The molecule has 0 aromatic carbocycles. The zero-order chi connectivity index (χ0) is 17.2. The van der Waals surface area contributed by atoms with Crippen LogP contribution in [0.1, 0.15) is 0 Å². The third-order valence-electron chi connectivity index (χ3n) is 3.07. The van der Waals surface area contributed by atoms with Gasteiger partial charge in [0, 0.05) is 37.4 Å². The number of aromatic nitrogens is 6. The van der Waals surface area contributed by atoms with Gasteiger partial charge in [0.2, 0.25) is 5.95 Å². The molecule has 0 spiro atoms. The molecule has 124 valence electrons. The summed E-state index contributed by atoms with van der Waals surface area (Å²) in [6.07, 6.45) is 1.40. The van der Waals surface area contributed by atoms with Crippen LogP contribution in [0.3, 0.4) is 0 Å². The van der Waals surface area contributed by atoms with Crippen molar-refractivity contribution >= 4 is 5.95 Å². The predicted octanol–water partition coefficient (Wildman–Crippen LogP) is 2.40. The molecular formula is C14H12F3N7. The first kappa shape index (κ1) is 15.8. The molecule has 0 bridgehead atoms. The van der Waals surface area contributed by atoms with Crippen molar-refractivity contribution in [3.8, 4) is 22.8 Å². The van der Waals surface area contributed by atoms with Crippen LogP contribution < -0.4 is 5.32 Å². The number of pyridine rings is 1. The van der Waals surface area contributed by atoms with Crippen molar-refractivity contribution in [3.63, 3.8) is 0 Å². The van der Waals surface area contributed by atoms with Gasteiger partial charge >= 0.3 is 6.18 Å². The molecule has 0 saturated heterocycles. The van der Waals surface area contributed by atoms with E-state index in [-0.39, 0.29) is 11.6 Å². The maximum absolute atomic E-state index is 12.8. The minimum atomic E-state index is -4.43. The van der Waals surface area contributed by atoms with E-state index in [0.717, 1.165) is 4.68 Å². The zero-order valence-corrected chi connectivity index (χ0v) is 12.5. The number of nitrogens with zero attached hydrogens (tertiary/aromatic N) is 6. The zero-order valence-electron chi connectivity index (χ0n) is 12.5. The fourth-order valence-corrected chi connectivity index (χ4v) is 2.03. The highest BCUT2D eigenvalue weighted by Crippen LogP contribution is 2.25. The summed E-state index contributed by atoms with van der Waals surface area (Å²) in [6.45, 7) is -1.26. The molecule has 1 N–H and O–H groups in total. The van der Waals surface area contributed by atoms with E-state index in [1.165, 1.54) is 24.8 Å². The quantitative estimate of drug-likeness (QED) is 0.788. The lowest BCUT2D eigenvalue weighted by atomic mass is 10.2. The molecule has 10 heteroatoms. The number of anilines is 1. The molecule has 0 radical (unpaired) electrons. The molecule has 24 heavy (non-hydrogen) atoms. The summed E-state index contributed by atoms with van der Waals surface area (Å²) in [7, 11) is 1.64. The number of rotatable bonds is 4. The van der Waals surface area contributed by atoms with Crippen molar-refractivity contribution in [2.75, 3.05) is 12.4 Å². The highest BCUT2D eigenvalue weighted by molar-refractivity contribution is 5.60. The Morgan fingerprint density at radius 2 is 1.75 bits per heavy atom. The lowest BCUT2D eigenvalue weighted by Crippen LogP contribution is -2.19. The van der Waals surface area contributed by atoms with Crippen LogP contribution in [0.2, 0.25) is 0 Å². The monoisotopic (exact) mass is 335 g/mol. The van der Waals surface area contributed by atoms with E-state index in [4.69, 9.17) is 0 Å². The Morgan fingerprint density at radius 1 is 1.08 bits per heavy atom. The van der Waals surface area contributed by atoms with Gasteiger partial charge in [-0.3, -0.25) is 4.98 Å². The summed E-state index contributed by atoms with van der Waals surface area (Å²) >= 11 is 0. The molecule has 0 amide bonds. The van der Waals surface area contributed by atoms with Crippen LogP contribution in [-0.2, 0) is 6.54 Å². The topological polar surface area (TPSA) is 81.4 Å². The standard InChI is InChI=1S/C14H12F3N7/c1-18-13-20-6-10(7-21-13)12-22-11(9-2-4-19-5-3-9)23-24(12)8-14(15,16)17/h2-7H,8H2,1H3,(H,18,20,21). The smallest absolute Gasteiger partial charge is 0.357 e. The molecule has 0 atom stereocenters. The van der Waals surface area contributed by atoms with Gasteiger partial charge in [-0.25, -0.2) is 19.6 Å². The van der Waals surface area contributed by atoms with Crippen LogP contribution >= 0.6 is 0 Å². The number of alkyl halides is 3. The first-order valence-electron chi connectivity index (χ1n) is 6.88. The molecule has 0 aliphatic heterocycles. The van der Waals surface area contributed by atoms with Gasteiger partial charge in [-0.05, 0) is 12.1 Å². The fraction of sp³-hybridized carbons (Fsp3) is 0.214. The SMILES string of the molecule is CNc1ncc(-c2nc(-c3ccncc3)nn2CC(F)(F)F)cn1. The van der Waals surface area contributed by atoms with Crippen LogP contribution in [0, 0.1) is 0 Å². The molecular weight excluding hydrogens is 323 g/mol.